The maximum absolute atomic E-state index is 5.11. The lowest BCUT2D eigenvalue weighted by molar-refractivity contribution is 0.151. The van der Waals surface area contributed by atoms with Crippen molar-refractivity contribution in [2.75, 3.05) is 19.8 Å². The maximum atomic E-state index is 5.11. The molecule has 0 aromatic rings. The highest BCUT2D eigenvalue weighted by molar-refractivity contribution is 4.72. The Kier molecular flexibility index (Phi) is 8.07. The van der Waals surface area contributed by atoms with E-state index >= 15 is 0 Å². The average molecular weight is 144 g/mol. The fourth-order valence-electron chi connectivity index (χ4n) is 0.528. The Balaban J connectivity index is 2.88. The van der Waals surface area contributed by atoms with Crippen molar-refractivity contribution in [1.82, 2.24) is 0 Å². The molecule has 0 radical (unpaired) electrons. The molecular weight excluding hydrogens is 128 g/mol. The standard InChI is InChI=1S/C8H16O2/c1-3-9-7-5-6-8-10-4-2/h5,7H,3-4,6,8H2,1-2H3. The molecule has 0 atom stereocenters. The third-order valence-corrected chi connectivity index (χ3v) is 0.992. The lowest BCUT2D eigenvalue weighted by atomic mass is 10.4. The van der Waals surface area contributed by atoms with Crippen LogP contribution in [0, 0.1) is 0 Å². The van der Waals surface area contributed by atoms with Crippen molar-refractivity contribution < 1.29 is 9.47 Å². The Hall–Kier alpha value is -0.500. The molecule has 0 heterocycles. The lowest BCUT2D eigenvalue weighted by Crippen LogP contribution is -1.90. The van der Waals surface area contributed by atoms with E-state index in [4.69, 9.17) is 9.47 Å². The van der Waals surface area contributed by atoms with Crippen LogP contribution in [0.2, 0.25) is 0 Å². The minimum atomic E-state index is 0.741. The second-order valence-corrected chi connectivity index (χ2v) is 1.81. The van der Waals surface area contributed by atoms with E-state index in [1.807, 2.05) is 19.9 Å². The van der Waals surface area contributed by atoms with E-state index in [0.29, 0.717) is 0 Å². The van der Waals surface area contributed by atoms with Crippen molar-refractivity contribution in [1.29, 1.82) is 0 Å². The molecule has 0 unspecified atom stereocenters. The van der Waals surface area contributed by atoms with Gasteiger partial charge in [0.25, 0.3) is 0 Å². The van der Waals surface area contributed by atoms with Crippen LogP contribution in [0.15, 0.2) is 12.3 Å². The molecule has 0 aliphatic rings. The van der Waals surface area contributed by atoms with E-state index in [-0.39, 0.29) is 0 Å². The van der Waals surface area contributed by atoms with Crippen molar-refractivity contribution in [3.8, 4) is 0 Å². The zero-order valence-electron chi connectivity index (χ0n) is 6.80. The van der Waals surface area contributed by atoms with Crippen LogP contribution in [0.25, 0.3) is 0 Å². The molecule has 0 bridgehead atoms. The summed E-state index contributed by atoms with van der Waals surface area (Å²) in [5.41, 5.74) is 0. The second kappa shape index (κ2) is 8.50. The van der Waals surface area contributed by atoms with Gasteiger partial charge in [-0.2, -0.15) is 0 Å². The fourth-order valence-corrected chi connectivity index (χ4v) is 0.528. The van der Waals surface area contributed by atoms with Gasteiger partial charge in [0.15, 0.2) is 0 Å². The van der Waals surface area contributed by atoms with Crippen LogP contribution in [-0.2, 0) is 9.47 Å². The van der Waals surface area contributed by atoms with Gasteiger partial charge in [-0.1, -0.05) is 0 Å². The van der Waals surface area contributed by atoms with Crippen molar-refractivity contribution in [2.24, 2.45) is 0 Å². The summed E-state index contributed by atoms with van der Waals surface area (Å²) in [7, 11) is 0. The first kappa shape index (κ1) is 9.50. The summed E-state index contributed by atoms with van der Waals surface area (Å²) in [5, 5.41) is 0. The molecule has 60 valence electrons. The largest absolute Gasteiger partial charge is 0.502 e. The van der Waals surface area contributed by atoms with Gasteiger partial charge in [0.1, 0.15) is 0 Å². The molecule has 0 spiro atoms. The minimum absolute atomic E-state index is 0.741. The van der Waals surface area contributed by atoms with E-state index < -0.39 is 0 Å². The molecule has 0 N–H and O–H groups in total. The van der Waals surface area contributed by atoms with Crippen LogP contribution in [0.5, 0.6) is 0 Å². The van der Waals surface area contributed by atoms with Crippen LogP contribution < -0.4 is 0 Å². The van der Waals surface area contributed by atoms with Gasteiger partial charge >= 0.3 is 0 Å². The summed E-state index contributed by atoms with van der Waals surface area (Å²) in [6.45, 7) is 6.28. The Bertz CT molecular complexity index is 79.3. The van der Waals surface area contributed by atoms with E-state index in [0.717, 1.165) is 26.2 Å². The Morgan fingerprint density at radius 1 is 1.20 bits per heavy atom. The van der Waals surface area contributed by atoms with Crippen molar-refractivity contribution in [3.05, 3.63) is 12.3 Å². The van der Waals surface area contributed by atoms with Gasteiger partial charge in [0.05, 0.1) is 19.5 Å². The molecule has 0 aromatic carbocycles. The highest BCUT2D eigenvalue weighted by Crippen LogP contribution is 1.85. The molecule has 0 fully saturated rings. The molecule has 0 saturated carbocycles. The molecule has 10 heavy (non-hydrogen) atoms. The van der Waals surface area contributed by atoms with Crippen LogP contribution >= 0.6 is 0 Å². The summed E-state index contributed by atoms with van der Waals surface area (Å²) in [4.78, 5) is 0. The van der Waals surface area contributed by atoms with Gasteiger partial charge in [-0.3, -0.25) is 0 Å². The topological polar surface area (TPSA) is 18.5 Å². The molecule has 0 aliphatic heterocycles. The number of hydrogen-bond acceptors (Lipinski definition) is 2. The minimum Gasteiger partial charge on any atom is -0.502 e. The van der Waals surface area contributed by atoms with Gasteiger partial charge in [-0.25, -0.2) is 0 Å². The Labute approximate surface area is 62.8 Å². The predicted octanol–water partition coefficient (Wildman–Crippen LogP) is 1.96. The third kappa shape index (κ3) is 7.50. The van der Waals surface area contributed by atoms with Crippen LogP contribution in [0.1, 0.15) is 20.3 Å². The summed E-state index contributed by atoms with van der Waals surface area (Å²) in [6, 6.07) is 0. The van der Waals surface area contributed by atoms with Crippen LogP contribution in [-0.4, -0.2) is 19.8 Å². The quantitative estimate of drug-likeness (QED) is 0.419. The number of ether oxygens (including phenoxy) is 2. The Morgan fingerprint density at radius 3 is 2.60 bits per heavy atom. The zero-order valence-corrected chi connectivity index (χ0v) is 6.80. The van der Waals surface area contributed by atoms with E-state index in [2.05, 4.69) is 0 Å². The molecule has 0 rings (SSSR count). The van der Waals surface area contributed by atoms with E-state index in [9.17, 15) is 0 Å². The lowest BCUT2D eigenvalue weighted by Gasteiger charge is -1.95. The Morgan fingerprint density at radius 2 is 2.00 bits per heavy atom. The first-order valence-corrected chi connectivity index (χ1v) is 3.76. The van der Waals surface area contributed by atoms with Gasteiger partial charge in [-0.15, -0.1) is 0 Å². The predicted molar refractivity (Wildman–Crippen MR) is 41.9 cm³/mol. The zero-order chi connectivity index (χ0) is 7.66. The van der Waals surface area contributed by atoms with E-state index in [1.165, 1.54) is 0 Å². The van der Waals surface area contributed by atoms with Crippen molar-refractivity contribution >= 4 is 0 Å². The molecule has 0 aromatic heterocycles. The normalized spacial score (nSPS) is 10.6. The molecule has 2 heteroatoms. The first-order valence-electron chi connectivity index (χ1n) is 3.76. The smallest absolute Gasteiger partial charge is 0.0845 e. The van der Waals surface area contributed by atoms with Crippen LogP contribution in [0.4, 0.5) is 0 Å². The van der Waals surface area contributed by atoms with Gasteiger partial charge in [0.2, 0.25) is 0 Å². The SMILES string of the molecule is CCOC=CCCOCC. The van der Waals surface area contributed by atoms with Gasteiger partial charge in [-0.05, 0) is 26.3 Å². The summed E-state index contributed by atoms with van der Waals surface area (Å²) in [5.74, 6) is 0. The highest BCUT2D eigenvalue weighted by atomic mass is 16.5. The van der Waals surface area contributed by atoms with Gasteiger partial charge < -0.3 is 9.47 Å². The third-order valence-electron chi connectivity index (χ3n) is 0.992. The molecule has 0 aliphatic carbocycles. The van der Waals surface area contributed by atoms with Crippen molar-refractivity contribution in [3.63, 3.8) is 0 Å². The van der Waals surface area contributed by atoms with Crippen LogP contribution in [0.3, 0.4) is 0 Å². The molecule has 2 nitrogen and oxygen atoms in total. The monoisotopic (exact) mass is 144 g/mol. The van der Waals surface area contributed by atoms with Crippen molar-refractivity contribution in [2.45, 2.75) is 20.3 Å². The summed E-state index contributed by atoms with van der Waals surface area (Å²) >= 11 is 0. The second-order valence-electron chi connectivity index (χ2n) is 1.81. The molecule has 0 saturated heterocycles. The highest BCUT2D eigenvalue weighted by Gasteiger charge is 1.78. The van der Waals surface area contributed by atoms with Gasteiger partial charge in [0, 0.05) is 6.61 Å². The summed E-state index contributed by atoms with van der Waals surface area (Å²) < 4.78 is 10.1. The van der Waals surface area contributed by atoms with E-state index in [1.54, 1.807) is 6.26 Å². The molecular formula is C8H16O2. The number of rotatable bonds is 6. The first-order chi connectivity index (χ1) is 4.91. The molecule has 0 amide bonds. The maximum Gasteiger partial charge on any atom is 0.0845 e. The average Bonchev–Trinajstić information content (AvgIpc) is 1.97. The fraction of sp³-hybridized carbons (Fsp3) is 0.750. The number of hydrogen-bond donors (Lipinski definition) is 0. The summed E-state index contributed by atoms with van der Waals surface area (Å²) in [6.07, 6.45) is 4.63.